The van der Waals surface area contributed by atoms with Gasteiger partial charge in [0.05, 0.1) is 7.11 Å². The Morgan fingerprint density at radius 1 is 1.07 bits per heavy atom. The molecule has 2 rings (SSSR count). The molecule has 2 aromatic rings. The topological polar surface area (TPSA) is 74.8 Å². The van der Waals surface area contributed by atoms with E-state index in [0.29, 0.717) is 31.2 Å². The fraction of sp³-hybridized carbons (Fsp3) is 0.364. The Balaban J connectivity index is 1.93. The Labute approximate surface area is 167 Å². The van der Waals surface area contributed by atoms with Crippen molar-refractivity contribution in [1.82, 2.24) is 16.0 Å². The number of nitrogens with zero attached hydrogens (tertiary/aromatic N) is 1. The SMILES string of the molecule is CCCNC(=O)c1cccc(CNC(=NC)NCc2ccc(C)cc2OC)c1. The number of ether oxygens (including phenoxy) is 1. The summed E-state index contributed by atoms with van der Waals surface area (Å²) < 4.78 is 5.45. The zero-order valence-corrected chi connectivity index (χ0v) is 17.1. The van der Waals surface area contributed by atoms with Crippen LogP contribution in [0.1, 0.15) is 40.4 Å². The number of rotatable bonds is 8. The number of aliphatic imine (C=N–C) groups is 1. The summed E-state index contributed by atoms with van der Waals surface area (Å²) in [5, 5.41) is 9.47. The van der Waals surface area contributed by atoms with E-state index in [1.807, 2.05) is 50.2 Å². The van der Waals surface area contributed by atoms with Gasteiger partial charge in [-0.05, 0) is 42.7 Å². The first-order valence-corrected chi connectivity index (χ1v) is 9.52. The molecular formula is C22H30N4O2. The highest BCUT2D eigenvalue weighted by atomic mass is 16.5. The number of aryl methyl sites for hydroxylation is 1. The highest BCUT2D eigenvalue weighted by Crippen LogP contribution is 2.19. The lowest BCUT2D eigenvalue weighted by molar-refractivity contribution is 0.0953. The second kappa shape index (κ2) is 11.0. The van der Waals surface area contributed by atoms with Crippen molar-refractivity contribution in [2.45, 2.75) is 33.4 Å². The summed E-state index contributed by atoms with van der Waals surface area (Å²) in [6, 6.07) is 13.7. The molecule has 1 amide bonds. The fourth-order valence-corrected chi connectivity index (χ4v) is 2.75. The minimum absolute atomic E-state index is 0.0438. The molecule has 0 aliphatic carbocycles. The van der Waals surface area contributed by atoms with E-state index in [1.165, 1.54) is 0 Å². The van der Waals surface area contributed by atoms with Crippen molar-refractivity contribution in [1.29, 1.82) is 0 Å². The number of hydrogen-bond donors (Lipinski definition) is 3. The molecule has 0 spiro atoms. The minimum Gasteiger partial charge on any atom is -0.496 e. The van der Waals surface area contributed by atoms with Crippen LogP contribution in [-0.4, -0.2) is 32.6 Å². The molecule has 0 unspecified atom stereocenters. The maximum Gasteiger partial charge on any atom is 0.251 e. The lowest BCUT2D eigenvalue weighted by Crippen LogP contribution is -2.36. The highest BCUT2D eigenvalue weighted by Gasteiger charge is 2.07. The van der Waals surface area contributed by atoms with Crippen LogP contribution < -0.4 is 20.7 Å². The number of hydrogen-bond acceptors (Lipinski definition) is 3. The maximum absolute atomic E-state index is 12.1. The molecule has 0 fully saturated rings. The van der Waals surface area contributed by atoms with Crippen LogP contribution in [0, 0.1) is 6.92 Å². The van der Waals surface area contributed by atoms with E-state index in [-0.39, 0.29) is 5.91 Å². The maximum atomic E-state index is 12.1. The van der Waals surface area contributed by atoms with Crippen molar-refractivity contribution in [3.05, 3.63) is 64.7 Å². The summed E-state index contributed by atoms with van der Waals surface area (Å²) in [6.45, 7) is 5.92. The van der Waals surface area contributed by atoms with Gasteiger partial charge in [0, 0.05) is 37.8 Å². The van der Waals surface area contributed by atoms with Gasteiger partial charge in [-0.25, -0.2) is 0 Å². The molecule has 3 N–H and O–H groups in total. The zero-order chi connectivity index (χ0) is 20.4. The van der Waals surface area contributed by atoms with Gasteiger partial charge in [0.15, 0.2) is 5.96 Å². The van der Waals surface area contributed by atoms with Crippen LogP contribution in [0.15, 0.2) is 47.5 Å². The predicted molar refractivity (Wildman–Crippen MR) is 114 cm³/mol. The number of carbonyl (C=O) groups is 1. The Morgan fingerprint density at radius 2 is 1.86 bits per heavy atom. The molecule has 0 atom stereocenters. The van der Waals surface area contributed by atoms with Crippen LogP contribution >= 0.6 is 0 Å². The number of methoxy groups -OCH3 is 1. The molecule has 0 aromatic heterocycles. The molecule has 0 saturated heterocycles. The van der Waals surface area contributed by atoms with Gasteiger partial charge in [0.25, 0.3) is 5.91 Å². The van der Waals surface area contributed by atoms with Crippen LogP contribution in [0.5, 0.6) is 5.75 Å². The predicted octanol–water partition coefficient (Wildman–Crippen LogP) is 3.01. The van der Waals surface area contributed by atoms with E-state index in [9.17, 15) is 4.79 Å². The standard InChI is InChI=1S/C22H30N4O2/c1-5-11-24-21(27)18-8-6-7-17(13-18)14-25-22(23-3)26-15-19-10-9-16(2)12-20(19)28-4/h6-10,12-13H,5,11,14-15H2,1-4H3,(H,24,27)(H2,23,25,26). The quantitative estimate of drug-likeness (QED) is 0.485. The number of amides is 1. The van der Waals surface area contributed by atoms with Crippen LogP contribution in [0.3, 0.4) is 0 Å². The molecule has 0 aliphatic rings. The summed E-state index contributed by atoms with van der Waals surface area (Å²) >= 11 is 0. The molecule has 0 saturated carbocycles. The van der Waals surface area contributed by atoms with Crippen LogP contribution in [-0.2, 0) is 13.1 Å². The van der Waals surface area contributed by atoms with Crippen molar-refractivity contribution >= 4 is 11.9 Å². The number of guanidine groups is 1. The molecule has 6 nitrogen and oxygen atoms in total. The van der Waals surface area contributed by atoms with Gasteiger partial charge >= 0.3 is 0 Å². The lowest BCUT2D eigenvalue weighted by Gasteiger charge is -2.14. The summed E-state index contributed by atoms with van der Waals surface area (Å²) in [5.41, 5.74) is 3.90. The average Bonchev–Trinajstić information content (AvgIpc) is 2.72. The molecule has 6 heteroatoms. The Hall–Kier alpha value is -3.02. The second-order valence-electron chi connectivity index (χ2n) is 6.55. The Kier molecular flexibility index (Phi) is 8.34. The lowest BCUT2D eigenvalue weighted by atomic mass is 10.1. The van der Waals surface area contributed by atoms with Crippen molar-refractivity contribution in [3.63, 3.8) is 0 Å². The smallest absolute Gasteiger partial charge is 0.251 e. The van der Waals surface area contributed by atoms with Gasteiger partial charge in [-0.3, -0.25) is 9.79 Å². The van der Waals surface area contributed by atoms with E-state index in [1.54, 1.807) is 14.2 Å². The van der Waals surface area contributed by atoms with Gasteiger partial charge in [0.1, 0.15) is 5.75 Å². The largest absolute Gasteiger partial charge is 0.496 e. The summed E-state index contributed by atoms with van der Waals surface area (Å²) in [4.78, 5) is 16.4. The number of benzene rings is 2. The molecule has 0 bridgehead atoms. The molecule has 28 heavy (non-hydrogen) atoms. The summed E-state index contributed by atoms with van der Waals surface area (Å²) in [5.74, 6) is 1.50. The average molecular weight is 383 g/mol. The molecule has 0 heterocycles. The van der Waals surface area contributed by atoms with Gasteiger partial charge in [0.2, 0.25) is 0 Å². The number of nitrogens with one attached hydrogen (secondary N) is 3. The third-order valence-corrected chi connectivity index (χ3v) is 4.30. The molecule has 150 valence electrons. The highest BCUT2D eigenvalue weighted by molar-refractivity contribution is 5.94. The van der Waals surface area contributed by atoms with E-state index >= 15 is 0 Å². The normalized spacial score (nSPS) is 11.1. The van der Waals surface area contributed by atoms with Crippen molar-refractivity contribution in [2.24, 2.45) is 4.99 Å². The van der Waals surface area contributed by atoms with Crippen LogP contribution in [0.2, 0.25) is 0 Å². The first-order valence-electron chi connectivity index (χ1n) is 9.52. The second-order valence-corrected chi connectivity index (χ2v) is 6.55. The summed E-state index contributed by atoms with van der Waals surface area (Å²) in [7, 11) is 3.41. The molecule has 0 radical (unpaired) electrons. The van der Waals surface area contributed by atoms with E-state index in [4.69, 9.17) is 4.74 Å². The summed E-state index contributed by atoms with van der Waals surface area (Å²) in [6.07, 6.45) is 0.917. The van der Waals surface area contributed by atoms with E-state index in [2.05, 4.69) is 27.0 Å². The van der Waals surface area contributed by atoms with Gasteiger partial charge in [-0.1, -0.05) is 31.2 Å². The molecule has 2 aromatic carbocycles. The third-order valence-electron chi connectivity index (χ3n) is 4.30. The molecular weight excluding hydrogens is 352 g/mol. The van der Waals surface area contributed by atoms with Gasteiger partial charge in [-0.2, -0.15) is 0 Å². The van der Waals surface area contributed by atoms with Gasteiger partial charge in [-0.15, -0.1) is 0 Å². The zero-order valence-electron chi connectivity index (χ0n) is 17.1. The monoisotopic (exact) mass is 382 g/mol. The van der Waals surface area contributed by atoms with Crippen molar-refractivity contribution in [3.8, 4) is 5.75 Å². The first kappa shape index (κ1) is 21.3. The minimum atomic E-state index is -0.0438. The number of carbonyl (C=O) groups excluding carboxylic acids is 1. The molecule has 0 aliphatic heterocycles. The van der Waals surface area contributed by atoms with Crippen LogP contribution in [0.25, 0.3) is 0 Å². The third kappa shape index (κ3) is 6.30. The van der Waals surface area contributed by atoms with Gasteiger partial charge < -0.3 is 20.7 Å². The Bertz CT molecular complexity index is 818. The van der Waals surface area contributed by atoms with Crippen molar-refractivity contribution in [2.75, 3.05) is 20.7 Å². The Morgan fingerprint density at radius 3 is 2.57 bits per heavy atom. The van der Waals surface area contributed by atoms with E-state index < -0.39 is 0 Å². The van der Waals surface area contributed by atoms with Crippen LogP contribution in [0.4, 0.5) is 0 Å². The van der Waals surface area contributed by atoms with E-state index in [0.717, 1.165) is 28.9 Å². The first-order chi connectivity index (χ1) is 13.6. The fourth-order valence-electron chi connectivity index (χ4n) is 2.75. The van der Waals surface area contributed by atoms with Crippen molar-refractivity contribution < 1.29 is 9.53 Å².